The summed E-state index contributed by atoms with van der Waals surface area (Å²) in [5.41, 5.74) is 8.83. The predicted molar refractivity (Wildman–Crippen MR) is 74.8 cm³/mol. The van der Waals surface area contributed by atoms with Crippen LogP contribution in [0.2, 0.25) is 0 Å². The van der Waals surface area contributed by atoms with Crippen molar-refractivity contribution >= 4 is 12.0 Å². The second-order valence-corrected chi connectivity index (χ2v) is 4.63. The molecule has 0 saturated carbocycles. The van der Waals surface area contributed by atoms with Crippen molar-refractivity contribution in [1.29, 1.82) is 0 Å². The van der Waals surface area contributed by atoms with Gasteiger partial charge in [-0.05, 0) is 48.6 Å². The number of aryl methyl sites for hydroxylation is 3. The Balaban J connectivity index is 2.16. The number of hydrogen-bond acceptors (Lipinski definition) is 2. The van der Waals surface area contributed by atoms with Gasteiger partial charge in [0.15, 0.2) is 6.29 Å². The Kier molecular flexibility index (Phi) is 3.95. The van der Waals surface area contributed by atoms with Crippen LogP contribution in [-0.4, -0.2) is 6.29 Å². The van der Waals surface area contributed by atoms with Gasteiger partial charge in [0, 0.05) is 5.69 Å². The topological polar surface area (TPSA) is 43.1 Å². The summed E-state index contributed by atoms with van der Waals surface area (Å²) in [6, 6.07) is 11.1. The molecule has 0 fully saturated rings. The van der Waals surface area contributed by atoms with Gasteiger partial charge in [0.1, 0.15) is 5.82 Å². The molecule has 19 heavy (non-hydrogen) atoms. The molecular weight excluding hydrogens is 241 g/mol. The Morgan fingerprint density at radius 3 is 2.42 bits per heavy atom. The second-order valence-electron chi connectivity index (χ2n) is 4.63. The third kappa shape index (κ3) is 2.99. The quantitative estimate of drug-likeness (QED) is 0.674. The van der Waals surface area contributed by atoms with Crippen molar-refractivity contribution in [3.05, 3.63) is 64.5 Å². The van der Waals surface area contributed by atoms with Crippen LogP contribution >= 0.6 is 0 Å². The highest BCUT2D eigenvalue weighted by molar-refractivity contribution is 5.78. The van der Waals surface area contributed by atoms with Gasteiger partial charge in [-0.3, -0.25) is 4.79 Å². The van der Waals surface area contributed by atoms with E-state index in [1.807, 2.05) is 24.3 Å². The predicted octanol–water partition coefficient (Wildman–Crippen LogP) is 3.31. The number of nitrogen functional groups attached to an aromatic ring is 1. The van der Waals surface area contributed by atoms with Crippen molar-refractivity contribution in [2.75, 3.05) is 5.73 Å². The van der Waals surface area contributed by atoms with Gasteiger partial charge in [-0.25, -0.2) is 4.39 Å². The van der Waals surface area contributed by atoms with E-state index in [0.717, 1.165) is 12.0 Å². The molecule has 2 aromatic rings. The molecule has 98 valence electrons. The maximum atomic E-state index is 14.0. The Bertz CT molecular complexity index is 590. The van der Waals surface area contributed by atoms with Crippen molar-refractivity contribution in [1.82, 2.24) is 0 Å². The average Bonchev–Trinajstić information content (AvgIpc) is 2.40. The van der Waals surface area contributed by atoms with Crippen LogP contribution in [0.5, 0.6) is 0 Å². The zero-order valence-electron chi connectivity index (χ0n) is 10.8. The summed E-state index contributed by atoms with van der Waals surface area (Å²) in [4.78, 5) is 10.9. The molecule has 3 heteroatoms. The fraction of sp³-hybridized carbons (Fsp3) is 0.188. The minimum Gasteiger partial charge on any atom is -0.399 e. The summed E-state index contributed by atoms with van der Waals surface area (Å²) < 4.78 is 14.0. The molecule has 0 aliphatic carbocycles. The van der Waals surface area contributed by atoms with E-state index in [2.05, 4.69) is 0 Å². The normalized spacial score (nSPS) is 10.4. The van der Waals surface area contributed by atoms with E-state index in [9.17, 15) is 9.18 Å². The maximum absolute atomic E-state index is 14.0. The van der Waals surface area contributed by atoms with Gasteiger partial charge in [-0.1, -0.05) is 24.3 Å². The highest BCUT2D eigenvalue weighted by Crippen LogP contribution is 2.18. The van der Waals surface area contributed by atoms with Crippen LogP contribution in [-0.2, 0) is 12.8 Å². The molecule has 0 aliphatic heterocycles. The number of hydrogen-bond donors (Lipinski definition) is 1. The molecule has 0 heterocycles. The summed E-state index contributed by atoms with van der Waals surface area (Å²) in [5.74, 6) is -0.398. The number of nitrogens with two attached hydrogens (primary N) is 1. The first-order valence-corrected chi connectivity index (χ1v) is 6.19. The summed E-state index contributed by atoms with van der Waals surface area (Å²) >= 11 is 0. The van der Waals surface area contributed by atoms with E-state index in [4.69, 9.17) is 5.73 Å². The lowest BCUT2D eigenvalue weighted by molar-refractivity contribution is 0.111. The molecule has 0 unspecified atom stereocenters. The van der Waals surface area contributed by atoms with Crippen molar-refractivity contribution in [3.8, 4) is 0 Å². The minimum atomic E-state index is -0.398. The van der Waals surface area contributed by atoms with Crippen molar-refractivity contribution in [3.63, 3.8) is 0 Å². The van der Waals surface area contributed by atoms with E-state index in [1.54, 1.807) is 19.1 Å². The molecule has 0 saturated heterocycles. The van der Waals surface area contributed by atoms with Crippen LogP contribution in [0.15, 0.2) is 36.4 Å². The number of rotatable bonds is 4. The molecule has 2 nitrogen and oxygen atoms in total. The number of carbonyl (C=O) groups is 1. The first-order valence-electron chi connectivity index (χ1n) is 6.19. The van der Waals surface area contributed by atoms with Gasteiger partial charge in [-0.15, -0.1) is 0 Å². The summed E-state index contributed by atoms with van der Waals surface area (Å²) in [7, 11) is 0. The fourth-order valence-electron chi connectivity index (χ4n) is 2.04. The Morgan fingerprint density at radius 2 is 1.79 bits per heavy atom. The Hall–Kier alpha value is -2.16. The van der Waals surface area contributed by atoms with Crippen molar-refractivity contribution in [2.24, 2.45) is 0 Å². The molecular formula is C16H16FNO. The largest absolute Gasteiger partial charge is 0.399 e. The number of anilines is 1. The summed E-state index contributed by atoms with van der Waals surface area (Å²) in [6.07, 6.45) is 1.87. The lowest BCUT2D eigenvalue weighted by atomic mass is 9.99. The van der Waals surface area contributed by atoms with Gasteiger partial charge in [0.25, 0.3) is 0 Å². The third-order valence-electron chi connectivity index (χ3n) is 3.26. The molecule has 2 aromatic carbocycles. The molecule has 0 aliphatic rings. The SMILES string of the molecule is Cc1ccc(CCc2ccc(N)cc2)c(F)c1C=O. The van der Waals surface area contributed by atoms with E-state index in [-0.39, 0.29) is 5.56 Å². The molecule has 0 radical (unpaired) electrons. The van der Waals surface area contributed by atoms with Gasteiger partial charge in [0.05, 0.1) is 5.56 Å². The standard InChI is InChI=1S/C16H16FNO/c1-11-2-6-13(16(17)15(11)10-19)7-3-12-4-8-14(18)9-5-12/h2,4-6,8-10H,3,7,18H2,1H3. The van der Waals surface area contributed by atoms with Gasteiger partial charge in [0.2, 0.25) is 0 Å². The summed E-state index contributed by atoms with van der Waals surface area (Å²) in [6.45, 7) is 1.73. The lowest BCUT2D eigenvalue weighted by Gasteiger charge is -2.07. The van der Waals surface area contributed by atoms with Crippen LogP contribution in [0.25, 0.3) is 0 Å². The lowest BCUT2D eigenvalue weighted by Crippen LogP contribution is -2.01. The van der Waals surface area contributed by atoms with Gasteiger partial charge < -0.3 is 5.73 Å². The summed E-state index contributed by atoms with van der Waals surface area (Å²) in [5, 5.41) is 0. The molecule has 2 rings (SSSR count). The molecule has 0 bridgehead atoms. The molecule has 0 aromatic heterocycles. The average molecular weight is 257 g/mol. The fourth-order valence-corrected chi connectivity index (χ4v) is 2.04. The zero-order chi connectivity index (χ0) is 13.8. The van der Waals surface area contributed by atoms with Gasteiger partial charge >= 0.3 is 0 Å². The van der Waals surface area contributed by atoms with Crippen LogP contribution in [0.3, 0.4) is 0 Å². The Morgan fingerprint density at radius 1 is 1.11 bits per heavy atom. The second kappa shape index (κ2) is 5.65. The van der Waals surface area contributed by atoms with Crippen LogP contribution in [0.4, 0.5) is 10.1 Å². The smallest absolute Gasteiger partial charge is 0.153 e. The third-order valence-corrected chi connectivity index (χ3v) is 3.26. The Labute approximate surface area is 112 Å². The van der Waals surface area contributed by atoms with E-state index in [1.165, 1.54) is 0 Å². The van der Waals surface area contributed by atoms with E-state index < -0.39 is 5.82 Å². The first kappa shape index (κ1) is 13.3. The number of benzene rings is 2. The number of carbonyl (C=O) groups excluding carboxylic acids is 1. The maximum Gasteiger partial charge on any atom is 0.153 e. The minimum absolute atomic E-state index is 0.162. The number of aldehydes is 1. The first-order chi connectivity index (χ1) is 9.11. The molecule has 0 atom stereocenters. The zero-order valence-corrected chi connectivity index (χ0v) is 10.8. The van der Waals surface area contributed by atoms with E-state index in [0.29, 0.717) is 29.5 Å². The monoisotopic (exact) mass is 257 g/mol. The van der Waals surface area contributed by atoms with Crippen molar-refractivity contribution < 1.29 is 9.18 Å². The van der Waals surface area contributed by atoms with Crippen molar-refractivity contribution in [2.45, 2.75) is 19.8 Å². The van der Waals surface area contributed by atoms with Crippen LogP contribution in [0, 0.1) is 12.7 Å². The van der Waals surface area contributed by atoms with Gasteiger partial charge in [-0.2, -0.15) is 0 Å². The molecule has 2 N–H and O–H groups in total. The highest BCUT2D eigenvalue weighted by Gasteiger charge is 2.10. The van der Waals surface area contributed by atoms with Crippen LogP contribution < -0.4 is 5.73 Å². The highest BCUT2D eigenvalue weighted by atomic mass is 19.1. The number of halogens is 1. The molecule has 0 amide bonds. The van der Waals surface area contributed by atoms with E-state index >= 15 is 0 Å². The van der Waals surface area contributed by atoms with Crippen LogP contribution in [0.1, 0.15) is 27.0 Å². The molecule has 0 spiro atoms.